The van der Waals surface area contributed by atoms with Crippen LogP contribution in [0.5, 0.6) is 11.5 Å². The van der Waals surface area contributed by atoms with Gasteiger partial charge in [-0.3, -0.25) is 4.79 Å². The van der Waals surface area contributed by atoms with Crippen LogP contribution in [0, 0.1) is 0 Å². The van der Waals surface area contributed by atoms with Gasteiger partial charge in [0.25, 0.3) is 0 Å². The van der Waals surface area contributed by atoms with Gasteiger partial charge in [-0.2, -0.15) is 17.6 Å². The first-order valence-corrected chi connectivity index (χ1v) is 5.89. The SMILES string of the molecule is CC(C)(N=[N+]=[N-])C(=O)c1ccc2c(c1)OC(F)(F)C(F)(F)O2. The van der Waals surface area contributed by atoms with E-state index in [1.54, 1.807) is 0 Å². The summed E-state index contributed by atoms with van der Waals surface area (Å²) in [4.78, 5) is 14.6. The van der Waals surface area contributed by atoms with Gasteiger partial charge >= 0.3 is 12.2 Å². The number of fused-ring (bicyclic) bond motifs is 1. The molecule has 0 atom stereocenters. The number of carbonyl (C=O) groups excluding carboxylic acids is 1. The van der Waals surface area contributed by atoms with E-state index in [0.29, 0.717) is 0 Å². The molecule has 0 N–H and O–H groups in total. The average Bonchev–Trinajstić information content (AvgIpc) is 2.38. The molecule has 0 radical (unpaired) electrons. The second-order valence-electron chi connectivity index (χ2n) is 4.98. The Morgan fingerprint density at radius 1 is 1.18 bits per heavy atom. The number of nitrogens with zero attached hydrogens (tertiary/aromatic N) is 3. The maximum atomic E-state index is 13.1. The molecular formula is C12H9F4N3O3. The second-order valence-corrected chi connectivity index (χ2v) is 4.98. The van der Waals surface area contributed by atoms with Gasteiger partial charge in [-0.05, 0) is 37.6 Å². The lowest BCUT2D eigenvalue weighted by atomic mass is 9.94. The first-order valence-electron chi connectivity index (χ1n) is 5.89. The van der Waals surface area contributed by atoms with E-state index in [1.807, 2.05) is 0 Å². The zero-order valence-electron chi connectivity index (χ0n) is 11.3. The van der Waals surface area contributed by atoms with Gasteiger partial charge in [0.05, 0.1) is 0 Å². The number of benzene rings is 1. The van der Waals surface area contributed by atoms with Crippen LogP contribution in [0.15, 0.2) is 23.3 Å². The lowest BCUT2D eigenvalue weighted by Gasteiger charge is -2.32. The molecule has 1 heterocycles. The molecule has 1 aliphatic heterocycles. The van der Waals surface area contributed by atoms with Crippen molar-refractivity contribution in [3.05, 3.63) is 34.2 Å². The lowest BCUT2D eigenvalue weighted by molar-refractivity contribution is -0.391. The summed E-state index contributed by atoms with van der Waals surface area (Å²) in [5, 5.41) is 3.29. The summed E-state index contributed by atoms with van der Waals surface area (Å²) in [7, 11) is 0. The van der Waals surface area contributed by atoms with E-state index >= 15 is 0 Å². The van der Waals surface area contributed by atoms with E-state index in [4.69, 9.17) is 5.53 Å². The molecule has 10 heteroatoms. The summed E-state index contributed by atoms with van der Waals surface area (Å²) in [6.07, 6.45) is -9.70. The standard InChI is InChI=1S/C12H9F4N3O3/c1-10(2,18-19-17)9(20)6-3-4-7-8(5-6)22-12(15,16)11(13,14)21-7/h3-5H,1-2H3. The summed E-state index contributed by atoms with van der Waals surface area (Å²) in [6, 6.07) is 2.81. The average molecular weight is 319 g/mol. The van der Waals surface area contributed by atoms with Crippen LogP contribution in [0.25, 0.3) is 10.4 Å². The van der Waals surface area contributed by atoms with E-state index in [9.17, 15) is 22.4 Å². The fourth-order valence-corrected chi connectivity index (χ4v) is 1.72. The van der Waals surface area contributed by atoms with Crippen LogP contribution in [-0.4, -0.2) is 23.5 Å². The predicted octanol–water partition coefficient (Wildman–Crippen LogP) is 3.92. The Hall–Kier alpha value is -2.48. The number of alkyl halides is 4. The number of Topliss-reactive ketones (excluding diaryl/α,β-unsaturated/α-hetero) is 1. The minimum Gasteiger partial charge on any atom is -0.421 e. The van der Waals surface area contributed by atoms with Crippen molar-refractivity contribution < 1.29 is 31.8 Å². The molecule has 22 heavy (non-hydrogen) atoms. The van der Waals surface area contributed by atoms with Crippen molar-refractivity contribution >= 4 is 5.78 Å². The summed E-state index contributed by atoms with van der Waals surface area (Å²) < 4.78 is 60.0. The first-order chi connectivity index (χ1) is 10.00. The zero-order valence-corrected chi connectivity index (χ0v) is 11.3. The van der Waals surface area contributed by atoms with Crippen LogP contribution < -0.4 is 9.47 Å². The molecule has 0 bridgehead atoms. The highest BCUT2D eigenvalue weighted by Crippen LogP contribution is 2.47. The monoisotopic (exact) mass is 319 g/mol. The largest absolute Gasteiger partial charge is 0.507 e. The van der Waals surface area contributed by atoms with Crippen molar-refractivity contribution in [1.82, 2.24) is 0 Å². The van der Waals surface area contributed by atoms with Gasteiger partial charge in [0.1, 0.15) is 5.54 Å². The lowest BCUT2D eigenvalue weighted by Crippen LogP contribution is -2.52. The molecule has 0 saturated heterocycles. The molecule has 118 valence electrons. The van der Waals surface area contributed by atoms with E-state index in [2.05, 4.69) is 19.5 Å². The summed E-state index contributed by atoms with van der Waals surface area (Å²) >= 11 is 0. The summed E-state index contributed by atoms with van der Waals surface area (Å²) in [5.41, 5.74) is 6.76. The number of halogens is 4. The predicted molar refractivity (Wildman–Crippen MR) is 65.1 cm³/mol. The molecule has 0 aromatic heterocycles. The third kappa shape index (κ3) is 2.52. The minimum absolute atomic E-state index is 0.152. The van der Waals surface area contributed by atoms with Gasteiger partial charge < -0.3 is 9.47 Å². The van der Waals surface area contributed by atoms with Crippen LogP contribution in [0.2, 0.25) is 0 Å². The fraction of sp³-hybridized carbons (Fsp3) is 0.417. The molecule has 2 rings (SSSR count). The number of ketones is 1. The molecule has 6 nitrogen and oxygen atoms in total. The third-order valence-corrected chi connectivity index (χ3v) is 2.87. The van der Waals surface area contributed by atoms with Crippen molar-refractivity contribution in [2.45, 2.75) is 31.6 Å². The molecular weight excluding hydrogens is 310 g/mol. The van der Waals surface area contributed by atoms with Crippen molar-refractivity contribution in [2.24, 2.45) is 5.11 Å². The van der Waals surface area contributed by atoms with Crippen LogP contribution in [-0.2, 0) is 0 Å². The van der Waals surface area contributed by atoms with Crippen LogP contribution in [0.1, 0.15) is 24.2 Å². The Morgan fingerprint density at radius 2 is 1.73 bits per heavy atom. The van der Waals surface area contributed by atoms with Gasteiger partial charge in [0.15, 0.2) is 17.3 Å². The van der Waals surface area contributed by atoms with Crippen molar-refractivity contribution in [3.8, 4) is 11.5 Å². The molecule has 1 aromatic carbocycles. The van der Waals surface area contributed by atoms with Gasteiger partial charge in [0.2, 0.25) is 0 Å². The van der Waals surface area contributed by atoms with Crippen LogP contribution >= 0.6 is 0 Å². The van der Waals surface area contributed by atoms with Crippen molar-refractivity contribution in [1.29, 1.82) is 0 Å². The Kier molecular flexibility index (Phi) is 3.45. The van der Waals surface area contributed by atoms with Crippen LogP contribution in [0.4, 0.5) is 17.6 Å². The zero-order chi connectivity index (χ0) is 16.8. The van der Waals surface area contributed by atoms with E-state index in [0.717, 1.165) is 18.2 Å². The van der Waals surface area contributed by atoms with E-state index in [1.165, 1.54) is 13.8 Å². The molecule has 1 aromatic rings. The van der Waals surface area contributed by atoms with Gasteiger partial charge in [0, 0.05) is 10.5 Å². The first kappa shape index (κ1) is 15.9. The molecule has 0 aliphatic carbocycles. The number of ether oxygens (including phenoxy) is 2. The Morgan fingerprint density at radius 3 is 2.27 bits per heavy atom. The smallest absolute Gasteiger partial charge is 0.421 e. The molecule has 0 amide bonds. The van der Waals surface area contributed by atoms with Gasteiger partial charge in [-0.25, -0.2) is 0 Å². The fourth-order valence-electron chi connectivity index (χ4n) is 1.72. The highest BCUT2D eigenvalue weighted by molar-refractivity contribution is 6.03. The van der Waals surface area contributed by atoms with Crippen molar-refractivity contribution in [3.63, 3.8) is 0 Å². The summed E-state index contributed by atoms with van der Waals surface area (Å²) in [6.45, 7) is 2.63. The summed E-state index contributed by atoms with van der Waals surface area (Å²) in [5.74, 6) is -2.04. The topological polar surface area (TPSA) is 84.3 Å². The van der Waals surface area contributed by atoms with Gasteiger partial charge in [-0.15, -0.1) is 0 Å². The highest BCUT2D eigenvalue weighted by Gasteiger charge is 2.65. The van der Waals surface area contributed by atoms with E-state index in [-0.39, 0.29) is 5.56 Å². The highest BCUT2D eigenvalue weighted by atomic mass is 19.3. The Bertz CT molecular complexity index is 684. The quantitative estimate of drug-likeness (QED) is 0.278. The molecule has 0 fully saturated rings. The Balaban J connectivity index is 2.42. The second kappa shape index (κ2) is 4.77. The minimum atomic E-state index is -4.87. The van der Waals surface area contributed by atoms with Crippen LogP contribution in [0.3, 0.4) is 0 Å². The van der Waals surface area contributed by atoms with Gasteiger partial charge in [-0.1, -0.05) is 5.11 Å². The number of rotatable bonds is 3. The molecule has 0 saturated carbocycles. The molecule has 0 unspecified atom stereocenters. The van der Waals surface area contributed by atoms with E-state index < -0.39 is 35.0 Å². The number of azide groups is 1. The maximum absolute atomic E-state index is 13.1. The van der Waals surface area contributed by atoms with Crippen molar-refractivity contribution in [2.75, 3.05) is 0 Å². The number of carbonyl (C=O) groups is 1. The third-order valence-electron chi connectivity index (χ3n) is 2.87. The molecule has 1 aliphatic rings. The number of hydrogen-bond acceptors (Lipinski definition) is 4. The maximum Gasteiger partial charge on any atom is 0.507 e. The number of hydrogen-bond donors (Lipinski definition) is 0. The Labute approximate surface area is 121 Å². The molecule has 0 spiro atoms. The normalized spacial score (nSPS) is 18.3.